The first kappa shape index (κ1) is 26.1. The highest BCUT2D eigenvalue weighted by Gasteiger charge is 2.43. The molecule has 3 amide bonds. The van der Waals surface area contributed by atoms with Crippen LogP contribution in [0, 0.1) is 12.8 Å². The van der Waals surface area contributed by atoms with E-state index in [9.17, 15) is 14.4 Å². The molecule has 3 heterocycles. The summed E-state index contributed by atoms with van der Waals surface area (Å²) < 4.78 is 1.84. The minimum Gasteiger partial charge on any atom is -0.380 e. The van der Waals surface area contributed by atoms with E-state index in [-0.39, 0.29) is 23.4 Å². The maximum Gasteiger partial charge on any atom is 0.258 e. The summed E-state index contributed by atoms with van der Waals surface area (Å²) in [6.07, 6.45) is 3.80. The van der Waals surface area contributed by atoms with E-state index in [1.165, 1.54) is 12.8 Å². The number of carbonyl (C=O) groups is 3. The third kappa shape index (κ3) is 4.74. The van der Waals surface area contributed by atoms with Gasteiger partial charge in [0.1, 0.15) is 0 Å². The van der Waals surface area contributed by atoms with Crippen LogP contribution in [0.4, 0.5) is 5.69 Å². The lowest BCUT2D eigenvalue weighted by Crippen LogP contribution is -2.53. The van der Waals surface area contributed by atoms with E-state index in [0.717, 1.165) is 24.3 Å². The number of likely N-dealkylation sites (tertiary alicyclic amines) is 1. The van der Waals surface area contributed by atoms with E-state index in [4.69, 9.17) is 10.8 Å². The van der Waals surface area contributed by atoms with Crippen molar-refractivity contribution in [3.8, 4) is 5.69 Å². The van der Waals surface area contributed by atoms with Gasteiger partial charge < -0.3 is 20.9 Å². The van der Waals surface area contributed by atoms with Crippen LogP contribution in [0.1, 0.15) is 75.6 Å². The highest BCUT2D eigenvalue weighted by Crippen LogP contribution is 2.38. The number of hydrogen-bond donors (Lipinski definition) is 2. The quantitative estimate of drug-likeness (QED) is 0.473. The molecule has 1 aliphatic carbocycles. The summed E-state index contributed by atoms with van der Waals surface area (Å²) in [6.45, 7) is 8.06. The minimum atomic E-state index is -0.532. The van der Waals surface area contributed by atoms with Gasteiger partial charge in [0.05, 0.1) is 28.2 Å². The van der Waals surface area contributed by atoms with Crippen molar-refractivity contribution in [1.82, 2.24) is 19.6 Å². The van der Waals surface area contributed by atoms with Gasteiger partial charge in [0.15, 0.2) is 0 Å². The highest BCUT2D eigenvalue weighted by molar-refractivity contribution is 6.00. The fourth-order valence-electron chi connectivity index (χ4n) is 6.08. The number of amides is 3. The molecule has 208 valence electrons. The lowest BCUT2D eigenvalue weighted by Gasteiger charge is -2.42. The van der Waals surface area contributed by atoms with Crippen LogP contribution in [0.3, 0.4) is 0 Å². The molecule has 9 nitrogen and oxygen atoms in total. The number of nitrogens with one attached hydrogen (secondary N) is 1. The minimum absolute atomic E-state index is 0.00423. The average molecular weight is 541 g/mol. The van der Waals surface area contributed by atoms with Crippen molar-refractivity contribution < 1.29 is 14.4 Å². The predicted molar refractivity (Wildman–Crippen MR) is 153 cm³/mol. The van der Waals surface area contributed by atoms with Crippen molar-refractivity contribution in [1.29, 1.82) is 0 Å². The topological polar surface area (TPSA) is 114 Å². The Morgan fingerprint density at radius 3 is 2.55 bits per heavy atom. The Morgan fingerprint density at radius 1 is 1.10 bits per heavy atom. The molecule has 6 rings (SSSR count). The summed E-state index contributed by atoms with van der Waals surface area (Å²) in [6, 6.07) is 14.6. The molecule has 40 heavy (non-hydrogen) atoms. The highest BCUT2D eigenvalue weighted by atomic mass is 16.2. The second-order valence-corrected chi connectivity index (χ2v) is 12.0. The van der Waals surface area contributed by atoms with Crippen molar-refractivity contribution in [2.24, 2.45) is 11.7 Å². The molecule has 1 atom stereocenters. The van der Waals surface area contributed by atoms with Gasteiger partial charge in [-0.15, -0.1) is 0 Å². The standard InChI is InChI=1S/C31H36N6O3/c1-19-27-26(16-31(2,3)36(30(27)40)17-20-9-10-20)37(34-19)23-11-12-24(28(32)38)25(15-23)33-22-13-14-35(18-22)29(39)21-7-5-4-6-8-21/h4-8,11-12,15,20,22,33H,9-10,13-14,16-18H2,1-3H3,(H2,32,38)/t22-/m0/s1. The zero-order valence-corrected chi connectivity index (χ0v) is 23.3. The number of carbonyl (C=O) groups excluding carboxylic acids is 3. The molecule has 1 aromatic heterocycles. The number of hydrogen-bond acceptors (Lipinski definition) is 5. The normalized spacial score (nSPS) is 20.0. The third-order valence-electron chi connectivity index (χ3n) is 8.45. The SMILES string of the molecule is Cc1nn(-c2ccc(C(N)=O)c(N[C@H]3CCN(C(=O)c4ccccc4)C3)c2)c2c1C(=O)N(CC1CC1)C(C)(C)C2. The molecule has 1 saturated heterocycles. The van der Waals surface area contributed by atoms with E-state index in [1.54, 1.807) is 6.07 Å². The van der Waals surface area contributed by atoms with Gasteiger partial charge in [0.2, 0.25) is 0 Å². The van der Waals surface area contributed by atoms with Gasteiger partial charge in [-0.05, 0) is 76.3 Å². The van der Waals surface area contributed by atoms with Crippen molar-refractivity contribution in [2.75, 3.05) is 25.0 Å². The van der Waals surface area contributed by atoms with Crippen molar-refractivity contribution in [3.05, 3.63) is 76.6 Å². The van der Waals surface area contributed by atoms with E-state index in [0.29, 0.717) is 53.5 Å². The largest absolute Gasteiger partial charge is 0.380 e. The zero-order valence-electron chi connectivity index (χ0n) is 23.3. The Kier molecular flexibility index (Phi) is 6.40. The second kappa shape index (κ2) is 9.80. The van der Waals surface area contributed by atoms with Crippen LogP contribution < -0.4 is 11.1 Å². The maximum absolute atomic E-state index is 13.7. The summed E-state index contributed by atoms with van der Waals surface area (Å²) in [5, 5.41) is 8.27. The number of nitrogens with zero attached hydrogens (tertiary/aromatic N) is 4. The average Bonchev–Trinajstić information content (AvgIpc) is 3.54. The third-order valence-corrected chi connectivity index (χ3v) is 8.45. The van der Waals surface area contributed by atoms with E-state index in [2.05, 4.69) is 19.2 Å². The molecule has 0 unspecified atom stereocenters. The summed E-state index contributed by atoms with van der Waals surface area (Å²) in [5.41, 5.74) is 10.1. The van der Waals surface area contributed by atoms with Gasteiger partial charge >= 0.3 is 0 Å². The zero-order chi connectivity index (χ0) is 28.2. The molecular formula is C31H36N6O3. The van der Waals surface area contributed by atoms with Crippen LogP contribution in [0.5, 0.6) is 0 Å². The molecule has 3 aliphatic rings. The van der Waals surface area contributed by atoms with E-state index in [1.807, 2.05) is 63.9 Å². The number of primary amides is 1. The molecule has 2 aromatic carbocycles. The van der Waals surface area contributed by atoms with Crippen LogP contribution >= 0.6 is 0 Å². The van der Waals surface area contributed by atoms with Crippen LogP contribution in [0.25, 0.3) is 5.69 Å². The maximum atomic E-state index is 13.7. The first-order valence-electron chi connectivity index (χ1n) is 14.1. The molecule has 2 aliphatic heterocycles. The van der Waals surface area contributed by atoms with E-state index >= 15 is 0 Å². The summed E-state index contributed by atoms with van der Waals surface area (Å²) in [5.74, 6) is 0.109. The van der Waals surface area contributed by atoms with Gasteiger partial charge in [-0.2, -0.15) is 5.10 Å². The molecule has 3 N–H and O–H groups in total. The smallest absolute Gasteiger partial charge is 0.258 e. The van der Waals surface area contributed by atoms with Crippen molar-refractivity contribution >= 4 is 23.4 Å². The molecular weight excluding hydrogens is 504 g/mol. The summed E-state index contributed by atoms with van der Waals surface area (Å²) in [7, 11) is 0. The molecule has 9 heteroatoms. The Hall–Kier alpha value is -4.14. The Morgan fingerprint density at radius 2 is 1.85 bits per heavy atom. The number of aryl methyl sites for hydroxylation is 1. The summed E-state index contributed by atoms with van der Waals surface area (Å²) in [4.78, 5) is 42.8. The second-order valence-electron chi connectivity index (χ2n) is 12.0. The van der Waals surface area contributed by atoms with Crippen LogP contribution in [-0.4, -0.2) is 68.5 Å². The molecule has 0 spiro atoms. The molecule has 3 aromatic rings. The van der Waals surface area contributed by atoms with Gasteiger partial charge in [-0.25, -0.2) is 4.68 Å². The predicted octanol–water partition coefficient (Wildman–Crippen LogP) is 3.79. The Labute approximate surface area is 234 Å². The monoisotopic (exact) mass is 540 g/mol. The van der Waals surface area contributed by atoms with Gasteiger partial charge in [0, 0.05) is 48.9 Å². The number of anilines is 1. The number of aromatic nitrogens is 2. The fraction of sp³-hybridized carbons (Fsp3) is 0.419. The first-order chi connectivity index (χ1) is 19.1. The van der Waals surface area contributed by atoms with Crippen LogP contribution in [0.15, 0.2) is 48.5 Å². The first-order valence-corrected chi connectivity index (χ1v) is 14.1. The van der Waals surface area contributed by atoms with E-state index < -0.39 is 5.91 Å². The van der Waals surface area contributed by atoms with Crippen LogP contribution in [-0.2, 0) is 6.42 Å². The number of nitrogens with two attached hydrogens (primary N) is 1. The van der Waals surface area contributed by atoms with Crippen molar-refractivity contribution in [3.63, 3.8) is 0 Å². The Bertz CT molecular complexity index is 1490. The molecule has 0 bridgehead atoms. The fourth-order valence-corrected chi connectivity index (χ4v) is 6.08. The lowest BCUT2D eigenvalue weighted by atomic mass is 9.87. The van der Waals surface area contributed by atoms with Crippen molar-refractivity contribution in [2.45, 2.75) is 58.0 Å². The number of fused-ring (bicyclic) bond motifs is 1. The van der Waals surface area contributed by atoms with Gasteiger partial charge in [-0.1, -0.05) is 18.2 Å². The van der Waals surface area contributed by atoms with Gasteiger partial charge in [-0.3, -0.25) is 14.4 Å². The molecule has 2 fully saturated rings. The number of rotatable bonds is 7. The number of benzene rings is 2. The molecule has 0 radical (unpaired) electrons. The Balaban J connectivity index is 1.28. The summed E-state index contributed by atoms with van der Waals surface area (Å²) >= 11 is 0. The molecule has 1 saturated carbocycles. The van der Waals surface area contributed by atoms with Crippen LogP contribution in [0.2, 0.25) is 0 Å². The lowest BCUT2D eigenvalue weighted by molar-refractivity contribution is 0.0487. The van der Waals surface area contributed by atoms with Gasteiger partial charge in [0.25, 0.3) is 17.7 Å².